The summed E-state index contributed by atoms with van der Waals surface area (Å²) in [4.78, 5) is 1.30. The van der Waals surface area contributed by atoms with Crippen molar-refractivity contribution in [1.82, 2.24) is 0 Å². The largest absolute Gasteiger partial charge is 0.219 e. The summed E-state index contributed by atoms with van der Waals surface area (Å²) in [5.74, 6) is 0. The van der Waals surface area contributed by atoms with E-state index in [0.717, 1.165) is 9.37 Å². The number of thiol groups is 1. The van der Waals surface area contributed by atoms with Gasteiger partial charge in [-0.1, -0.05) is 15.9 Å². The minimum Gasteiger partial charge on any atom is -0.219 e. The SMILES string of the molecule is O=S(=O)(c1ccc(S)cc1)c1ccc(Br)cc1. The van der Waals surface area contributed by atoms with Gasteiger partial charge in [0.1, 0.15) is 0 Å². The summed E-state index contributed by atoms with van der Waals surface area (Å²) >= 11 is 7.40. The molecule has 2 nitrogen and oxygen atoms in total. The van der Waals surface area contributed by atoms with E-state index in [1.807, 2.05) is 0 Å². The van der Waals surface area contributed by atoms with Crippen LogP contribution in [0.1, 0.15) is 0 Å². The van der Waals surface area contributed by atoms with Gasteiger partial charge in [-0.15, -0.1) is 12.6 Å². The van der Waals surface area contributed by atoms with E-state index in [1.165, 1.54) is 0 Å². The van der Waals surface area contributed by atoms with Crippen LogP contribution in [0.25, 0.3) is 0 Å². The van der Waals surface area contributed by atoms with Gasteiger partial charge in [0.05, 0.1) is 9.79 Å². The summed E-state index contributed by atoms with van der Waals surface area (Å²) in [7, 11) is -3.43. The molecule has 0 N–H and O–H groups in total. The Bertz CT molecular complexity index is 565. The molecule has 2 aromatic rings. The molecule has 0 heterocycles. The highest BCUT2D eigenvalue weighted by Gasteiger charge is 2.16. The maximum absolute atomic E-state index is 12.2. The number of benzene rings is 2. The maximum Gasteiger partial charge on any atom is 0.206 e. The third-order valence-electron chi connectivity index (χ3n) is 2.27. The zero-order valence-corrected chi connectivity index (χ0v) is 12.0. The summed E-state index contributed by atoms with van der Waals surface area (Å²) in [6.07, 6.45) is 0. The van der Waals surface area contributed by atoms with Crippen molar-refractivity contribution in [3.05, 3.63) is 53.0 Å². The number of sulfone groups is 1. The second kappa shape index (κ2) is 4.84. The highest BCUT2D eigenvalue weighted by molar-refractivity contribution is 9.10. The molecule has 5 heteroatoms. The van der Waals surface area contributed by atoms with Gasteiger partial charge < -0.3 is 0 Å². The van der Waals surface area contributed by atoms with Crippen LogP contribution in [0.2, 0.25) is 0 Å². The molecule has 0 atom stereocenters. The number of rotatable bonds is 2. The van der Waals surface area contributed by atoms with Crippen LogP contribution in [0.5, 0.6) is 0 Å². The first-order chi connectivity index (χ1) is 8.00. The van der Waals surface area contributed by atoms with Gasteiger partial charge in [-0.25, -0.2) is 8.42 Å². The summed E-state index contributed by atoms with van der Waals surface area (Å²) in [6, 6.07) is 13.0. The second-order valence-electron chi connectivity index (χ2n) is 3.45. The van der Waals surface area contributed by atoms with Crippen molar-refractivity contribution in [2.24, 2.45) is 0 Å². The molecule has 0 unspecified atom stereocenters. The first-order valence-electron chi connectivity index (χ1n) is 4.80. The lowest BCUT2D eigenvalue weighted by molar-refractivity contribution is 0.596. The van der Waals surface area contributed by atoms with Gasteiger partial charge in [-0.2, -0.15) is 0 Å². The fourth-order valence-electron chi connectivity index (χ4n) is 1.38. The molecule has 88 valence electrons. The molecule has 2 rings (SSSR count). The molecule has 0 saturated carbocycles. The molecule has 0 fully saturated rings. The van der Waals surface area contributed by atoms with Gasteiger partial charge >= 0.3 is 0 Å². The zero-order valence-electron chi connectivity index (χ0n) is 8.67. The predicted octanol–water partition coefficient (Wildman–Crippen LogP) is 3.57. The minimum absolute atomic E-state index is 0.276. The van der Waals surface area contributed by atoms with Gasteiger partial charge in [0.25, 0.3) is 0 Å². The van der Waals surface area contributed by atoms with E-state index in [4.69, 9.17) is 0 Å². The van der Waals surface area contributed by atoms with Crippen molar-refractivity contribution in [3.63, 3.8) is 0 Å². The van der Waals surface area contributed by atoms with Crippen molar-refractivity contribution in [2.45, 2.75) is 14.7 Å². The van der Waals surface area contributed by atoms with E-state index < -0.39 is 9.84 Å². The molecule has 17 heavy (non-hydrogen) atoms. The Morgan fingerprint density at radius 1 is 0.824 bits per heavy atom. The molecule has 0 aliphatic carbocycles. The van der Waals surface area contributed by atoms with Crippen molar-refractivity contribution in [3.8, 4) is 0 Å². The molecule has 0 aliphatic heterocycles. The van der Waals surface area contributed by atoms with Crippen LogP contribution in [0.4, 0.5) is 0 Å². The quantitative estimate of drug-likeness (QED) is 0.855. The third kappa shape index (κ3) is 2.73. The molecule has 0 saturated heterocycles. The van der Waals surface area contributed by atoms with Gasteiger partial charge in [0.2, 0.25) is 9.84 Å². The molecule has 0 amide bonds. The molecule has 0 aromatic heterocycles. The van der Waals surface area contributed by atoms with Crippen LogP contribution in [0.15, 0.2) is 67.7 Å². The second-order valence-corrected chi connectivity index (χ2v) is 6.83. The summed E-state index contributed by atoms with van der Waals surface area (Å²) in [5, 5.41) is 0. The van der Waals surface area contributed by atoms with E-state index in [0.29, 0.717) is 0 Å². The van der Waals surface area contributed by atoms with Crippen molar-refractivity contribution >= 4 is 38.4 Å². The van der Waals surface area contributed by atoms with Crippen LogP contribution in [0.3, 0.4) is 0 Å². The lowest BCUT2D eigenvalue weighted by atomic mass is 10.4. The van der Waals surface area contributed by atoms with Gasteiger partial charge in [-0.3, -0.25) is 0 Å². The summed E-state index contributed by atoms with van der Waals surface area (Å²) in [5.41, 5.74) is 0. The predicted molar refractivity (Wildman–Crippen MR) is 73.3 cm³/mol. The Morgan fingerprint density at radius 2 is 1.24 bits per heavy atom. The molecule has 0 aliphatic rings. The average molecular weight is 329 g/mol. The highest BCUT2D eigenvalue weighted by atomic mass is 79.9. The van der Waals surface area contributed by atoms with E-state index in [-0.39, 0.29) is 9.79 Å². The Labute approximate surface area is 114 Å². The van der Waals surface area contributed by atoms with Crippen LogP contribution < -0.4 is 0 Å². The van der Waals surface area contributed by atoms with Crippen LogP contribution in [0, 0.1) is 0 Å². The van der Waals surface area contributed by atoms with Gasteiger partial charge in [0.15, 0.2) is 0 Å². The Kier molecular flexibility index (Phi) is 3.61. The first kappa shape index (κ1) is 12.7. The van der Waals surface area contributed by atoms with Crippen molar-refractivity contribution in [1.29, 1.82) is 0 Å². The van der Waals surface area contributed by atoms with Gasteiger partial charge in [0, 0.05) is 9.37 Å². The highest BCUT2D eigenvalue weighted by Crippen LogP contribution is 2.23. The normalized spacial score (nSPS) is 11.4. The number of hydrogen-bond acceptors (Lipinski definition) is 3. The van der Waals surface area contributed by atoms with Crippen LogP contribution >= 0.6 is 28.6 Å². The molecular weight excluding hydrogens is 320 g/mol. The summed E-state index contributed by atoms with van der Waals surface area (Å²) in [6.45, 7) is 0. The number of hydrogen-bond donors (Lipinski definition) is 1. The third-order valence-corrected chi connectivity index (χ3v) is 4.88. The van der Waals surface area contributed by atoms with Gasteiger partial charge in [-0.05, 0) is 48.5 Å². The zero-order chi connectivity index (χ0) is 12.5. The molecular formula is C12H9BrO2S2. The Morgan fingerprint density at radius 3 is 1.71 bits per heavy atom. The van der Waals surface area contributed by atoms with Crippen molar-refractivity contribution < 1.29 is 8.42 Å². The maximum atomic E-state index is 12.2. The Balaban J connectivity index is 2.50. The summed E-state index contributed by atoms with van der Waals surface area (Å²) < 4.78 is 25.3. The molecule has 0 radical (unpaired) electrons. The lowest BCUT2D eigenvalue weighted by Crippen LogP contribution is -2.01. The average Bonchev–Trinajstić information content (AvgIpc) is 2.30. The van der Waals surface area contributed by atoms with Crippen LogP contribution in [-0.4, -0.2) is 8.42 Å². The van der Waals surface area contributed by atoms with E-state index in [2.05, 4.69) is 28.6 Å². The molecule has 0 bridgehead atoms. The monoisotopic (exact) mass is 328 g/mol. The number of halogens is 1. The lowest BCUT2D eigenvalue weighted by Gasteiger charge is -2.04. The van der Waals surface area contributed by atoms with Crippen molar-refractivity contribution in [2.75, 3.05) is 0 Å². The first-order valence-corrected chi connectivity index (χ1v) is 7.52. The smallest absolute Gasteiger partial charge is 0.206 e. The fraction of sp³-hybridized carbons (Fsp3) is 0. The van der Waals surface area contributed by atoms with E-state index in [1.54, 1.807) is 48.5 Å². The van der Waals surface area contributed by atoms with E-state index >= 15 is 0 Å². The molecule has 0 spiro atoms. The van der Waals surface area contributed by atoms with Crippen LogP contribution in [-0.2, 0) is 9.84 Å². The van der Waals surface area contributed by atoms with E-state index in [9.17, 15) is 8.42 Å². The topological polar surface area (TPSA) is 34.1 Å². The fourth-order valence-corrected chi connectivity index (χ4v) is 3.05. The molecule has 2 aromatic carbocycles. The Hall–Kier alpha value is -0.780. The minimum atomic E-state index is -3.43. The standard InChI is InChI=1S/C12H9BrO2S2/c13-9-1-5-11(6-2-9)17(14,15)12-7-3-10(16)4-8-12/h1-8,16H.